The van der Waals surface area contributed by atoms with Crippen LogP contribution in [0.2, 0.25) is 0 Å². The minimum absolute atomic E-state index is 0.0536. The van der Waals surface area contributed by atoms with Crippen LogP contribution in [0, 0.1) is 5.82 Å². The number of thioether (sulfide) groups is 1. The van der Waals surface area contributed by atoms with Crippen molar-refractivity contribution in [3.63, 3.8) is 0 Å². The lowest BCUT2D eigenvalue weighted by Gasteiger charge is -2.41. The van der Waals surface area contributed by atoms with Crippen LogP contribution in [0.15, 0.2) is 64.5 Å². The number of carbonyl (C=O) groups excluding carboxylic acids is 1. The quantitative estimate of drug-likeness (QED) is 0.754. The van der Waals surface area contributed by atoms with E-state index in [1.165, 1.54) is 29.4 Å². The van der Waals surface area contributed by atoms with Crippen LogP contribution in [0.1, 0.15) is 54.2 Å². The molecule has 0 radical (unpaired) electrons. The predicted molar refractivity (Wildman–Crippen MR) is 124 cm³/mol. The Hall–Kier alpha value is -2.60. The Morgan fingerprint density at radius 1 is 1.13 bits per heavy atom. The van der Waals surface area contributed by atoms with Crippen LogP contribution in [-0.2, 0) is 4.79 Å². The summed E-state index contributed by atoms with van der Waals surface area (Å²) >= 11 is 1.64. The van der Waals surface area contributed by atoms with E-state index in [0.717, 1.165) is 16.2 Å². The predicted octanol–water partition coefficient (Wildman–Crippen LogP) is 4.75. The van der Waals surface area contributed by atoms with Crippen molar-refractivity contribution in [3.05, 3.63) is 82.0 Å². The molecule has 1 fully saturated rings. The molecule has 2 heterocycles. The molecule has 2 aromatic carbocycles. The standard InChI is InChI=1S/C25H26FN3OS/c1-25(21-13-18(14-31-21)19-5-3-4-6-20(19)26)22(23(30)29(2)24(27)28-25)17-11-9-16(10-12-17)15-7-8-15/h3-6,9-13,15,18,22H,7-8,14H2,1-2H3,(H2,27,28)/t18?,22?,25-/m1/s1. The van der Waals surface area contributed by atoms with Gasteiger partial charge in [0, 0.05) is 23.6 Å². The van der Waals surface area contributed by atoms with E-state index < -0.39 is 11.5 Å². The number of guanidine groups is 1. The van der Waals surface area contributed by atoms with Crippen LogP contribution in [0.4, 0.5) is 4.39 Å². The van der Waals surface area contributed by atoms with Crippen molar-refractivity contribution in [3.8, 4) is 0 Å². The minimum Gasteiger partial charge on any atom is -0.369 e. The molecular formula is C25H26FN3OS. The lowest BCUT2D eigenvalue weighted by Crippen LogP contribution is -2.54. The second kappa shape index (κ2) is 7.52. The maximum atomic E-state index is 14.4. The van der Waals surface area contributed by atoms with E-state index >= 15 is 0 Å². The molecule has 0 saturated heterocycles. The highest BCUT2D eigenvalue weighted by Gasteiger charge is 2.49. The van der Waals surface area contributed by atoms with E-state index in [-0.39, 0.29) is 23.6 Å². The fourth-order valence-corrected chi connectivity index (χ4v) is 6.05. The Morgan fingerprint density at radius 3 is 2.48 bits per heavy atom. The zero-order valence-corrected chi connectivity index (χ0v) is 18.5. The van der Waals surface area contributed by atoms with Gasteiger partial charge in [0.05, 0.1) is 5.92 Å². The largest absolute Gasteiger partial charge is 0.369 e. The number of carbonyl (C=O) groups is 1. The lowest BCUT2D eigenvalue weighted by atomic mass is 9.77. The van der Waals surface area contributed by atoms with Crippen molar-refractivity contribution < 1.29 is 9.18 Å². The molecule has 6 heteroatoms. The van der Waals surface area contributed by atoms with Gasteiger partial charge < -0.3 is 5.73 Å². The number of hydrogen-bond donors (Lipinski definition) is 1. The van der Waals surface area contributed by atoms with Crippen LogP contribution in [0.3, 0.4) is 0 Å². The van der Waals surface area contributed by atoms with Gasteiger partial charge in [-0.05, 0) is 48.4 Å². The first-order chi connectivity index (χ1) is 14.9. The van der Waals surface area contributed by atoms with Gasteiger partial charge in [-0.3, -0.25) is 9.69 Å². The normalized spacial score (nSPS) is 28.5. The third-order valence-electron chi connectivity index (χ3n) is 6.72. The van der Waals surface area contributed by atoms with Crippen molar-refractivity contribution in [2.24, 2.45) is 10.7 Å². The van der Waals surface area contributed by atoms with Gasteiger partial charge in [0.1, 0.15) is 11.4 Å². The number of allylic oxidation sites excluding steroid dienone is 1. The average molecular weight is 436 g/mol. The summed E-state index contributed by atoms with van der Waals surface area (Å²) in [6, 6.07) is 15.3. The van der Waals surface area contributed by atoms with E-state index in [2.05, 4.69) is 30.3 Å². The summed E-state index contributed by atoms with van der Waals surface area (Å²) in [4.78, 5) is 20.7. The maximum absolute atomic E-state index is 14.4. The summed E-state index contributed by atoms with van der Waals surface area (Å²) in [5.74, 6) is 0.801. The number of halogens is 1. The zero-order chi connectivity index (χ0) is 21.8. The highest BCUT2D eigenvalue weighted by molar-refractivity contribution is 8.03. The number of nitrogens with zero attached hydrogens (tertiary/aromatic N) is 2. The molecule has 160 valence electrons. The number of nitrogens with two attached hydrogens (primary N) is 1. The SMILES string of the molecule is CN1C(=O)C(c2ccc(C3CC3)cc2)[C@@](C)(C2=CC(c3ccccc3F)CS2)N=C1N. The molecule has 1 aliphatic carbocycles. The average Bonchev–Trinajstić information content (AvgIpc) is 3.49. The molecule has 2 aromatic rings. The summed E-state index contributed by atoms with van der Waals surface area (Å²) in [5.41, 5.74) is 8.28. The Bertz CT molecular complexity index is 1090. The number of benzene rings is 2. The Morgan fingerprint density at radius 2 is 1.81 bits per heavy atom. The number of likely N-dealkylation sites (N-methyl/N-ethyl adjacent to an activating group) is 1. The number of amides is 1. The molecule has 2 unspecified atom stereocenters. The van der Waals surface area contributed by atoms with Gasteiger partial charge in [0.15, 0.2) is 5.96 Å². The molecule has 0 aromatic heterocycles. The van der Waals surface area contributed by atoms with Gasteiger partial charge in [-0.1, -0.05) is 48.5 Å². The third-order valence-corrected chi connectivity index (χ3v) is 8.11. The number of rotatable bonds is 4. The van der Waals surface area contributed by atoms with Crippen molar-refractivity contribution in [1.82, 2.24) is 4.90 Å². The maximum Gasteiger partial charge on any atom is 0.239 e. The molecule has 3 atom stereocenters. The number of hydrogen-bond acceptors (Lipinski definition) is 4. The van der Waals surface area contributed by atoms with Crippen molar-refractivity contribution in [2.45, 2.75) is 43.1 Å². The third kappa shape index (κ3) is 3.47. The van der Waals surface area contributed by atoms with E-state index in [9.17, 15) is 9.18 Å². The second-order valence-electron chi connectivity index (χ2n) is 8.86. The van der Waals surface area contributed by atoms with Crippen molar-refractivity contribution in [2.75, 3.05) is 12.8 Å². The summed E-state index contributed by atoms with van der Waals surface area (Å²) in [6.45, 7) is 1.98. The Kier molecular flexibility index (Phi) is 4.93. The first kappa shape index (κ1) is 20.3. The van der Waals surface area contributed by atoms with Crippen LogP contribution in [0.25, 0.3) is 0 Å². The van der Waals surface area contributed by atoms with Gasteiger partial charge in [0.2, 0.25) is 5.91 Å². The van der Waals surface area contributed by atoms with E-state index in [4.69, 9.17) is 10.7 Å². The topological polar surface area (TPSA) is 58.7 Å². The van der Waals surface area contributed by atoms with Gasteiger partial charge in [-0.2, -0.15) is 0 Å². The van der Waals surface area contributed by atoms with Gasteiger partial charge in [-0.15, -0.1) is 11.8 Å². The highest BCUT2D eigenvalue weighted by atomic mass is 32.2. The summed E-state index contributed by atoms with van der Waals surface area (Å²) < 4.78 is 14.4. The molecule has 0 bridgehead atoms. The molecule has 0 spiro atoms. The first-order valence-electron chi connectivity index (χ1n) is 10.7. The summed E-state index contributed by atoms with van der Waals surface area (Å²) in [6.07, 6.45) is 4.55. The van der Waals surface area contributed by atoms with Gasteiger partial charge in [0.25, 0.3) is 0 Å². The molecule has 2 N–H and O–H groups in total. The molecular weight excluding hydrogens is 409 g/mol. The van der Waals surface area contributed by atoms with Crippen molar-refractivity contribution >= 4 is 23.6 Å². The molecule has 1 amide bonds. The highest BCUT2D eigenvalue weighted by Crippen LogP contribution is 2.50. The van der Waals surface area contributed by atoms with Crippen LogP contribution >= 0.6 is 11.8 Å². The Labute approximate surface area is 186 Å². The summed E-state index contributed by atoms with van der Waals surface area (Å²) in [7, 11) is 1.67. The smallest absolute Gasteiger partial charge is 0.239 e. The first-order valence-corrected chi connectivity index (χ1v) is 11.7. The molecule has 4 nitrogen and oxygen atoms in total. The van der Waals surface area contributed by atoms with Crippen molar-refractivity contribution in [1.29, 1.82) is 0 Å². The molecule has 1 saturated carbocycles. The van der Waals surface area contributed by atoms with Crippen LogP contribution in [0.5, 0.6) is 0 Å². The van der Waals surface area contributed by atoms with Gasteiger partial charge in [-0.25, -0.2) is 9.38 Å². The molecule has 3 aliphatic rings. The van der Waals surface area contributed by atoms with Crippen LogP contribution < -0.4 is 5.73 Å². The summed E-state index contributed by atoms with van der Waals surface area (Å²) in [5, 5.41) is 0. The van der Waals surface area contributed by atoms with Gasteiger partial charge >= 0.3 is 0 Å². The Balaban J connectivity index is 1.55. The minimum atomic E-state index is -0.820. The van der Waals surface area contributed by atoms with Crippen LogP contribution in [-0.4, -0.2) is 35.1 Å². The molecule has 31 heavy (non-hydrogen) atoms. The fraction of sp³-hybridized carbons (Fsp3) is 0.360. The lowest BCUT2D eigenvalue weighted by molar-refractivity contribution is -0.129. The van der Waals surface area contributed by atoms with E-state index in [1.807, 2.05) is 19.1 Å². The zero-order valence-electron chi connectivity index (χ0n) is 17.7. The fourth-order valence-electron chi connectivity index (χ4n) is 4.69. The van der Waals surface area contributed by atoms with E-state index in [0.29, 0.717) is 11.5 Å². The molecule has 2 aliphatic heterocycles. The van der Waals surface area contributed by atoms with E-state index in [1.54, 1.807) is 24.9 Å². The number of aliphatic imine (C=N–C) groups is 1. The second-order valence-corrected chi connectivity index (χ2v) is 9.92. The molecule has 5 rings (SSSR count). The monoisotopic (exact) mass is 435 g/mol.